The van der Waals surface area contributed by atoms with Crippen LogP contribution in [-0.4, -0.2) is 47.9 Å². The summed E-state index contributed by atoms with van der Waals surface area (Å²) in [6.45, 7) is 2.20. The van der Waals surface area contributed by atoms with Gasteiger partial charge in [-0.1, -0.05) is 13.3 Å². The van der Waals surface area contributed by atoms with Crippen molar-refractivity contribution in [2.75, 3.05) is 13.7 Å². The zero-order chi connectivity index (χ0) is 19.9. The number of fused-ring (bicyclic) bond motifs is 2. The Balaban J connectivity index is 1.61. The van der Waals surface area contributed by atoms with Crippen molar-refractivity contribution in [3.8, 4) is 0 Å². The fraction of sp³-hybridized carbons (Fsp3) is 0.810. The van der Waals surface area contributed by atoms with E-state index in [2.05, 4.69) is 0 Å². The predicted octanol–water partition coefficient (Wildman–Crippen LogP) is 1.52. The Hall–Kier alpha value is -1.44. The smallest absolute Gasteiger partial charge is 0.333 e. The topological polar surface area (TPSA) is 102 Å². The van der Waals surface area contributed by atoms with Crippen LogP contribution in [0, 0.1) is 34.5 Å². The van der Waals surface area contributed by atoms with Crippen LogP contribution < -0.4 is 0 Å². The molecule has 154 valence electrons. The van der Waals surface area contributed by atoms with Crippen molar-refractivity contribution >= 4 is 11.9 Å². The number of rotatable bonds is 1. The highest BCUT2D eigenvalue weighted by atomic mass is 16.7. The zero-order valence-electron chi connectivity index (χ0n) is 16.3. The minimum Gasteiger partial charge on any atom is -0.469 e. The van der Waals surface area contributed by atoms with E-state index in [1.165, 1.54) is 13.2 Å². The molecule has 7 nitrogen and oxygen atoms in total. The molecule has 4 fully saturated rings. The van der Waals surface area contributed by atoms with E-state index in [0.717, 1.165) is 25.7 Å². The summed E-state index contributed by atoms with van der Waals surface area (Å²) in [5, 5.41) is 22.3. The highest BCUT2D eigenvalue weighted by Crippen LogP contribution is 2.69. The van der Waals surface area contributed by atoms with E-state index in [9.17, 15) is 19.8 Å². The number of ether oxygens (including phenoxy) is 3. The fourth-order valence-electron chi connectivity index (χ4n) is 7.67. The van der Waals surface area contributed by atoms with Gasteiger partial charge in [-0.05, 0) is 49.4 Å². The van der Waals surface area contributed by atoms with Gasteiger partial charge in [0.1, 0.15) is 0 Å². The summed E-state index contributed by atoms with van der Waals surface area (Å²) in [6, 6.07) is 0. The van der Waals surface area contributed by atoms with Gasteiger partial charge in [0.05, 0.1) is 19.1 Å². The molecule has 0 aromatic rings. The van der Waals surface area contributed by atoms with Crippen LogP contribution in [0.5, 0.6) is 0 Å². The van der Waals surface area contributed by atoms with Crippen LogP contribution in [0.1, 0.15) is 45.4 Å². The second kappa shape index (κ2) is 5.80. The molecule has 0 amide bonds. The quantitative estimate of drug-likeness (QED) is 0.652. The number of aliphatic hydroxyl groups excluding tert-OH is 1. The van der Waals surface area contributed by atoms with Crippen LogP contribution in [0.2, 0.25) is 0 Å². The lowest BCUT2D eigenvalue weighted by atomic mass is 9.40. The van der Waals surface area contributed by atoms with Crippen LogP contribution in [0.25, 0.3) is 0 Å². The van der Waals surface area contributed by atoms with Crippen molar-refractivity contribution in [3.05, 3.63) is 11.6 Å². The van der Waals surface area contributed by atoms with Gasteiger partial charge in [-0.25, -0.2) is 4.79 Å². The maximum atomic E-state index is 12.9. The van der Waals surface area contributed by atoms with Crippen molar-refractivity contribution in [2.45, 2.75) is 57.5 Å². The second-order valence-electron chi connectivity index (χ2n) is 9.48. The van der Waals surface area contributed by atoms with E-state index in [0.29, 0.717) is 12.0 Å². The monoisotopic (exact) mass is 392 g/mol. The Kier molecular flexibility index (Phi) is 3.85. The molecule has 5 aliphatic rings. The normalized spacial score (nSPS) is 51.9. The Morgan fingerprint density at radius 2 is 2.11 bits per heavy atom. The molecule has 0 aromatic heterocycles. The molecule has 1 saturated heterocycles. The number of hydrogen-bond acceptors (Lipinski definition) is 7. The summed E-state index contributed by atoms with van der Waals surface area (Å²) in [4.78, 5) is 24.8. The summed E-state index contributed by atoms with van der Waals surface area (Å²) < 4.78 is 16.3. The van der Waals surface area contributed by atoms with Crippen molar-refractivity contribution in [2.24, 2.45) is 34.5 Å². The highest BCUT2D eigenvalue weighted by Gasteiger charge is 2.71. The summed E-state index contributed by atoms with van der Waals surface area (Å²) in [5.74, 6) is -2.39. The molecule has 0 radical (unpaired) electrons. The lowest BCUT2D eigenvalue weighted by Gasteiger charge is -2.67. The van der Waals surface area contributed by atoms with Crippen molar-refractivity contribution < 1.29 is 34.0 Å². The average molecular weight is 392 g/mol. The van der Waals surface area contributed by atoms with E-state index in [1.807, 2.05) is 6.92 Å². The predicted molar refractivity (Wildman–Crippen MR) is 95.3 cm³/mol. The standard InChI is InChI=1S/C21H28O7/c1-11-12-4-5-15-19(17(23)26-2)6-3-7-20(15,18(24)27-10-19)14(12)9-21(25)13(11)8-16(22)28-21/h8,11-12,14-15,18,24-25H,3-7,9-10H2,1-2H3/t11-,12+,14+,15+,18+,19+,20-,21-/m1/s1. The van der Waals surface area contributed by atoms with Crippen LogP contribution in [0.4, 0.5) is 0 Å². The largest absolute Gasteiger partial charge is 0.469 e. The number of esters is 2. The molecule has 2 aliphatic heterocycles. The molecule has 3 saturated carbocycles. The molecule has 7 heteroatoms. The molecule has 28 heavy (non-hydrogen) atoms. The Bertz CT molecular complexity index is 762. The van der Waals surface area contributed by atoms with Crippen molar-refractivity contribution in [1.29, 1.82) is 0 Å². The molecular formula is C21H28O7. The summed E-state index contributed by atoms with van der Waals surface area (Å²) in [7, 11) is 1.41. The van der Waals surface area contributed by atoms with Crippen LogP contribution in [-0.2, 0) is 23.8 Å². The average Bonchev–Trinajstić information content (AvgIpc) is 2.98. The van der Waals surface area contributed by atoms with E-state index in [-0.39, 0.29) is 42.7 Å². The third kappa shape index (κ3) is 2.05. The number of aliphatic hydroxyl groups is 2. The van der Waals surface area contributed by atoms with E-state index in [4.69, 9.17) is 14.2 Å². The first-order chi connectivity index (χ1) is 13.3. The molecule has 2 heterocycles. The lowest BCUT2D eigenvalue weighted by Crippen LogP contribution is -2.69. The first-order valence-electron chi connectivity index (χ1n) is 10.3. The van der Waals surface area contributed by atoms with Gasteiger partial charge in [-0.3, -0.25) is 4.79 Å². The lowest BCUT2D eigenvalue weighted by molar-refractivity contribution is -0.331. The third-order valence-electron chi connectivity index (χ3n) is 8.72. The van der Waals surface area contributed by atoms with Gasteiger partial charge in [0.25, 0.3) is 0 Å². The van der Waals surface area contributed by atoms with Crippen molar-refractivity contribution in [1.82, 2.24) is 0 Å². The van der Waals surface area contributed by atoms with Gasteiger partial charge in [-0.2, -0.15) is 0 Å². The number of carbonyl (C=O) groups excluding carboxylic acids is 2. The number of carbonyl (C=O) groups is 2. The summed E-state index contributed by atoms with van der Waals surface area (Å²) in [6.07, 6.45) is 4.58. The maximum absolute atomic E-state index is 12.9. The fourth-order valence-corrected chi connectivity index (χ4v) is 7.67. The van der Waals surface area contributed by atoms with Crippen LogP contribution in [0.15, 0.2) is 11.6 Å². The third-order valence-corrected chi connectivity index (χ3v) is 8.72. The Morgan fingerprint density at radius 1 is 1.32 bits per heavy atom. The molecule has 2 N–H and O–H groups in total. The highest BCUT2D eigenvalue weighted by molar-refractivity contribution is 5.86. The molecule has 8 atom stereocenters. The van der Waals surface area contributed by atoms with Gasteiger partial charge in [0.15, 0.2) is 6.29 Å². The SMILES string of the molecule is COC(=O)[C@@]12CCC[C@@]3([C@@H](O)OC1)[C@H]1C[C@@]4(O)OC(=O)C=C4[C@H](C)[C@@H]1CC[C@@H]23. The van der Waals surface area contributed by atoms with Gasteiger partial charge in [-0.15, -0.1) is 0 Å². The van der Waals surface area contributed by atoms with E-state index in [1.54, 1.807) is 0 Å². The maximum Gasteiger partial charge on any atom is 0.333 e. The molecule has 5 rings (SSSR count). The first kappa shape index (κ1) is 18.6. The molecule has 0 aromatic carbocycles. The summed E-state index contributed by atoms with van der Waals surface area (Å²) >= 11 is 0. The van der Waals surface area contributed by atoms with Crippen LogP contribution in [0.3, 0.4) is 0 Å². The molecule has 3 aliphatic carbocycles. The van der Waals surface area contributed by atoms with E-state index >= 15 is 0 Å². The van der Waals surface area contributed by atoms with Gasteiger partial charge < -0.3 is 24.4 Å². The number of hydrogen-bond donors (Lipinski definition) is 2. The second-order valence-corrected chi connectivity index (χ2v) is 9.48. The first-order valence-corrected chi connectivity index (χ1v) is 10.3. The van der Waals surface area contributed by atoms with Crippen LogP contribution >= 0.6 is 0 Å². The van der Waals surface area contributed by atoms with Gasteiger partial charge in [0.2, 0.25) is 5.79 Å². The molecule has 2 bridgehead atoms. The Labute approximate surface area is 164 Å². The van der Waals surface area contributed by atoms with Gasteiger partial charge >= 0.3 is 11.9 Å². The van der Waals surface area contributed by atoms with Crippen molar-refractivity contribution in [3.63, 3.8) is 0 Å². The minimum atomic E-state index is -1.61. The number of methoxy groups -OCH3 is 1. The van der Waals surface area contributed by atoms with E-state index < -0.39 is 28.9 Å². The minimum absolute atomic E-state index is 0.0332. The summed E-state index contributed by atoms with van der Waals surface area (Å²) in [5.41, 5.74) is -0.737. The zero-order valence-corrected chi connectivity index (χ0v) is 16.3. The molecule has 0 spiro atoms. The molecular weight excluding hydrogens is 364 g/mol. The van der Waals surface area contributed by atoms with Gasteiger partial charge in [0, 0.05) is 23.5 Å². The molecule has 0 unspecified atom stereocenters. The Morgan fingerprint density at radius 3 is 2.86 bits per heavy atom.